The van der Waals surface area contributed by atoms with Crippen molar-refractivity contribution in [2.75, 3.05) is 6.61 Å². The van der Waals surface area contributed by atoms with Gasteiger partial charge in [-0.15, -0.1) is 0 Å². The predicted octanol–water partition coefficient (Wildman–Crippen LogP) is 2.68. The molecule has 0 saturated heterocycles. The Labute approximate surface area is 87.7 Å². The van der Waals surface area contributed by atoms with Gasteiger partial charge in [-0.2, -0.15) is 21.6 Å². The molecular formula is C8H15F3O3S. The van der Waals surface area contributed by atoms with E-state index < -0.39 is 22.2 Å². The first-order valence-corrected chi connectivity index (χ1v) is 6.07. The van der Waals surface area contributed by atoms with Crippen molar-refractivity contribution >= 4 is 10.1 Å². The van der Waals surface area contributed by atoms with E-state index in [0.717, 1.165) is 12.8 Å². The maximum absolute atomic E-state index is 11.8. The van der Waals surface area contributed by atoms with Gasteiger partial charge < -0.3 is 0 Å². The van der Waals surface area contributed by atoms with E-state index in [1.165, 1.54) is 0 Å². The van der Waals surface area contributed by atoms with Crippen LogP contribution in [0.25, 0.3) is 0 Å². The molecule has 0 spiro atoms. The molecule has 0 radical (unpaired) electrons. The van der Waals surface area contributed by atoms with Gasteiger partial charge in [0.15, 0.2) is 0 Å². The van der Waals surface area contributed by atoms with Gasteiger partial charge in [0.25, 0.3) is 0 Å². The highest BCUT2D eigenvalue weighted by molar-refractivity contribution is 7.87. The molecule has 92 valence electrons. The van der Waals surface area contributed by atoms with Crippen LogP contribution in [0.4, 0.5) is 13.2 Å². The van der Waals surface area contributed by atoms with Gasteiger partial charge in [-0.05, 0) is 12.3 Å². The Kier molecular flexibility index (Phi) is 5.58. The molecule has 0 aromatic heterocycles. The highest BCUT2D eigenvalue weighted by Gasteiger charge is 2.47. The molecule has 1 atom stereocenters. The molecule has 0 bridgehead atoms. The Balaban J connectivity index is 4.06. The first-order valence-electron chi connectivity index (χ1n) is 4.66. The maximum atomic E-state index is 11.8. The van der Waals surface area contributed by atoms with E-state index in [4.69, 9.17) is 0 Å². The third kappa shape index (κ3) is 5.36. The topological polar surface area (TPSA) is 43.4 Å². The fourth-order valence-electron chi connectivity index (χ4n) is 0.908. The van der Waals surface area contributed by atoms with Crippen LogP contribution in [-0.2, 0) is 14.3 Å². The Morgan fingerprint density at radius 1 is 1.33 bits per heavy atom. The maximum Gasteiger partial charge on any atom is 0.523 e. The smallest absolute Gasteiger partial charge is 0.263 e. The van der Waals surface area contributed by atoms with Crippen molar-refractivity contribution in [2.24, 2.45) is 5.92 Å². The molecule has 0 saturated carbocycles. The number of unbranched alkanes of at least 4 members (excludes halogenated alkanes) is 1. The van der Waals surface area contributed by atoms with E-state index in [-0.39, 0.29) is 5.92 Å². The second kappa shape index (κ2) is 5.69. The molecule has 0 fully saturated rings. The van der Waals surface area contributed by atoms with Gasteiger partial charge in [-0.3, -0.25) is 4.18 Å². The van der Waals surface area contributed by atoms with Crippen molar-refractivity contribution in [2.45, 2.75) is 38.6 Å². The summed E-state index contributed by atoms with van der Waals surface area (Å²) in [5.74, 6) is -0.193. The van der Waals surface area contributed by atoms with Gasteiger partial charge in [0.1, 0.15) is 0 Å². The van der Waals surface area contributed by atoms with Gasteiger partial charge in [0.05, 0.1) is 6.61 Å². The lowest BCUT2D eigenvalue weighted by molar-refractivity contribution is -0.0549. The molecule has 0 aliphatic rings. The Bertz CT molecular complexity index is 271. The number of alkyl halides is 3. The van der Waals surface area contributed by atoms with Crippen LogP contribution >= 0.6 is 0 Å². The first-order chi connectivity index (χ1) is 6.70. The minimum Gasteiger partial charge on any atom is -0.263 e. The van der Waals surface area contributed by atoms with Crippen LogP contribution in [0.15, 0.2) is 0 Å². The summed E-state index contributed by atoms with van der Waals surface area (Å²) >= 11 is 0. The average molecular weight is 248 g/mol. The molecule has 1 unspecified atom stereocenters. The fraction of sp³-hybridized carbons (Fsp3) is 1.00. The van der Waals surface area contributed by atoms with Gasteiger partial charge in [0, 0.05) is 0 Å². The summed E-state index contributed by atoms with van der Waals surface area (Å²) in [5.41, 5.74) is -5.32. The lowest BCUT2D eigenvalue weighted by atomic mass is 10.1. The standard InChI is InChI=1S/C8H15F3O3S/c1-3-4-5-7(2)6-14-15(12,13)8(9,10)11/h7H,3-6H2,1-2H3. The van der Waals surface area contributed by atoms with E-state index in [9.17, 15) is 21.6 Å². The zero-order chi connectivity index (χ0) is 12.1. The molecule has 0 amide bonds. The van der Waals surface area contributed by atoms with E-state index in [2.05, 4.69) is 4.18 Å². The third-order valence-corrected chi connectivity index (χ3v) is 2.85. The molecule has 0 aromatic rings. The van der Waals surface area contributed by atoms with Gasteiger partial charge in [0.2, 0.25) is 0 Å². The van der Waals surface area contributed by atoms with Crippen LogP contribution in [0.3, 0.4) is 0 Å². The minimum absolute atomic E-state index is 0.193. The molecule has 7 heteroatoms. The highest BCUT2D eigenvalue weighted by atomic mass is 32.2. The van der Waals surface area contributed by atoms with Crippen molar-refractivity contribution in [3.8, 4) is 0 Å². The van der Waals surface area contributed by atoms with Crippen LogP contribution in [0.1, 0.15) is 33.1 Å². The molecule has 15 heavy (non-hydrogen) atoms. The lowest BCUT2D eigenvalue weighted by Gasteiger charge is -2.12. The molecule has 0 aliphatic carbocycles. The van der Waals surface area contributed by atoms with Crippen molar-refractivity contribution in [3.63, 3.8) is 0 Å². The van der Waals surface area contributed by atoms with Gasteiger partial charge >= 0.3 is 15.6 Å². The van der Waals surface area contributed by atoms with Crippen LogP contribution in [-0.4, -0.2) is 20.5 Å². The van der Waals surface area contributed by atoms with E-state index >= 15 is 0 Å². The number of hydrogen-bond donors (Lipinski definition) is 0. The van der Waals surface area contributed by atoms with Crippen molar-refractivity contribution in [1.82, 2.24) is 0 Å². The summed E-state index contributed by atoms with van der Waals surface area (Å²) < 4.78 is 60.3. The number of hydrogen-bond acceptors (Lipinski definition) is 3. The summed E-state index contributed by atoms with van der Waals surface area (Å²) in [4.78, 5) is 0. The van der Waals surface area contributed by atoms with Crippen molar-refractivity contribution < 1.29 is 25.8 Å². The van der Waals surface area contributed by atoms with Crippen molar-refractivity contribution in [1.29, 1.82) is 0 Å². The minimum atomic E-state index is -5.42. The third-order valence-electron chi connectivity index (χ3n) is 1.84. The fourth-order valence-corrected chi connectivity index (χ4v) is 1.45. The summed E-state index contributed by atoms with van der Waals surface area (Å²) in [6.07, 6.45) is 2.41. The molecule has 0 aliphatic heterocycles. The molecular weight excluding hydrogens is 233 g/mol. The van der Waals surface area contributed by atoms with Gasteiger partial charge in [-0.25, -0.2) is 0 Å². The molecule has 0 heterocycles. The summed E-state index contributed by atoms with van der Waals surface area (Å²) in [6.45, 7) is 3.18. The number of rotatable bonds is 6. The Hall–Kier alpha value is -0.300. The summed E-state index contributed by atoms with van der Waals surface area (Å²) in [5, 5.41) is 0. The predicted molar refractivity (Wildman–Crippen MR) is 49.6 cm³/mol. The quantitative estimate of drug-likeness (QED) is 0.536. The van der Waals surface area contributed by atoms with E-state index in [1.807, 2.05) is 6.92 Å². The Morgan fingerprint density at radius 2 is 1.87 bits per heavy atom. The van der Waals surface area contributed by atoms with Crippen molar-refractivity contribution in [3.05, 3.63) is 0 Å². The number of halogens is 3. The van der Waals surface area contributed by atoms with E-state index in [0.29, 0.717) is 6.42 Å². The first kappa shape index (κ1) is 14.7. The monoisotopic (exact) mass is 248 g/mol. The van der Waals surface area contributed by atoms with Crippen LogP contribution < -0.4 is 0 Å². The average Bonchev–Trinajstić information content (AvgIpc) is 2.09. The molecule has 0 rings (SSSR count). The molecule has 0 N–H and O–H groups in total. The zero-order valence-electron chi connectivity index (χ0n) is 8.67. The van der Waals surface area contributed by atoms with Crippen LogP contribution in [0, 0.1) is 5.92 Å². The van der Waals surface area contributed by atoms with Crippen LogP contribution in [0.5, 0.6) is 0 Å². The Morgan fingerprint density at radius 3 is 2.27 bits per heavy atom. The molecule has 3 nitrogen and oxygen atoms in total. The lowest BCUT2D eigenvalue weighted by Crippen LogP contribution is -2.27. The SMILES string of the molecule is CCCCC(C)COS(=O)(=O)C(F)(F)F. The van der Waals surface area contributed by atoms with Gasteiger partial charge in [-0.1, -0.05) is 26.7 Å². The largest absolute Gasteiger partial charge is 0.523 e. The normalized spacial score (nSPS) is 15.3. The summed E-state index contributed by atoms with van der Waals surface area (Å²) in [6, 6.07) is 0. The van der Waals surface area contributed by atoms with E-state index in [1.54, 1.807) is 6.92 Å². The summed E-state index contributed by atoms with van der Waals surface area (Å²) in [7, 11) is -5.42. The second-order valence-electron chi connectivity index (χ2n) is 3.43. The zero-order valence-corrected chi connectivity index (χ0v) is 9.49. The van der Waals surface area contributed by atoms with Crippen LogP contribution in [0.2, 0.25) is 0 Å². The highest BCUT2D eigenvalue weighted by Crippen LogP contribution is 2.25. The second-order valence-corrected chi connectivity index (χ2v) is 5.04. The molecule has 0 aromatic carbocycles.